The van der Waals surface area contributed by atoms with E-state index in [0.717, 1.165) is 5.56 Å². The maximum atomic E-state index is 12.9. The van der Waals surface area contributed by atoms with Gasteiger partial charge in [-0.25, -0.2) is 0 Å². The highest BCUT2D eigenvalue weighted by atomic mass is 35.5. The molecule has 2 rings (SSSR count). The quantitative estimate of drug-likeness (QED) is 0.580. The molecule has 2 N–H and O–H groups in total. The van der Waals surface area contributed by atoms with E-state index in [1.165, 1.54) is 0 Å². The van der Waals surface area contributed by atoms with Gasteiger partial charge in [0.05, 0.1) is 22.8 Å². The molecule has 0 saturated heterocycles. The average molecular weight is 424 g/mol. The highest BCUT2D eigenvalue weighted by Crippen LogP contribution is 2.24. The van der Waals surface area contributed by atoms with Gasteiger partial charge in [0.2, 0.25) is 0 Å². The number of hydrogen-bond acceptors (Lipinski definition) is 4. The number of nitrogens with one attached hydrogen (secondary N) is 1. The van der Waals surface area contributed by atoms with Gasteiger partial charge in [0.1, 0.15) is 6.10 Å². The van der Waals surface area contributed by atoms with Crippen LogP contribution < -0.4 is 5.32 Å². The van der Waals surface area contributed by atoms with Gasteiger partial charge in [0.25, 0.3) is 0 Å². The molecule has 28 heavy (non-hydrogen) atoms. The summed E-state index contributed by atoms with van der Waals surface area (Å²) in [6.45, 7) is 6.49. The van der Waals surface area contributed by atoms with Crippen LogP contribution in [0.2, 0.25) is 10.0 Å². The molecule has 2 unspecified atom stereocenters. The number of carbonyl (C=O) groups is 1. The molecule has 4 nitrogen and oxygen atoms in total. The van der Waals surface area contributed by atoms with Crippen molar-refractivity contribution >= 4 is 29.0 Å². The zero-order chi connectivity index (χ0) is 20.7. The Balaban J connectivity index is 2.09. The van der Waals surface area contributed by atoms with Crippen molar-refractivity contribution in [2.75, 3.05) is 13.2 Å². The second-order valence-electron chi connectivity index (χ2n) is 7.79. The number of rotatable bonds is 9. The molecule has 2 aromatic rings. The van der Waals surface area contributed by atoms with Crippen LogP contribution in [-0.4, -0.2) is 41.8 Å². The number of benzene rings is 2. The van der Waals surface area contributed by atoms with E-state index in [0.29, 0.717) is 28.6 Å². The van der Waals surface area contributed by atoms with Crippen LogP contribution in [0.4, 0.5) is 0 Å². The summed E-state index contributed by atoms with van der Waals surface area (Å²) in [5.41, 5.74) is 1.29. The molecule has 0 bridgehead atoms. The summed E-state index contributed by atoms with van der Waals surface area (Å²) in [7, 11) is 0. The Morgan fingerprint density at radius 1 is 1.11 bits per heavy atom. The van der Waals surface area contributed by atoms with Gasteiger partial charge in [-0.15, -0.1) is 0 Å². The SMILES string of the molecule is CC(C)(C)NCC(O)COC(Cc1ccc(Cl)c(Cl)c1)C(=O)c1ccccc1. The second-order valence-corrected chi connectivity index (χ2v) is 8.60. The fraction of sp³-hybridized carbons (Fsp3) is 0.409. The highest BCUT2D eigenvalue weighted by Gasteiger charge is 2.23. The molecule has 6 heteroatoms. The fourth-order valence-electron chi connectivity index (χ4n) is 2.61. The fourth-order valence-corrected chi connectivity index (χ4v) is 2.93. The van der Waals surface area contributed by atoms with Gasteiger partial charge in [0.15, 0.2) is 5.78 Å². The molecule has 0 aliphatic rings. The van der Waals surface area contributed by atoms with Crippen molar-refractivity contribution in [3.8, 4) is 0 Å². The number of Topliss-reactive ketones (excluding diaryl/α,β-unsaturated/α-hetero) is 1. The summed E-state index contributed by atoms with van der Waals surface area (Å²) in [4.78, 5) is 12.9. The number of ketones is 1. The maximum absolute atomic E-state index is 12.9. The monoisotopic (exact) mass is 423 g/mol. The number of hydrogen-bond donors (Lipinski definition) is 2. The lowest BCUT2D eigenvalue weighted by molar-refractivity contribution is -0.00326. The first-order valence-corrected chi connectivity index (χ1v) is 9.99. The molecule has 0 aromatic heterocycles. The third-order valence-corrected chi connectivity index (χ3v) is 4.85. The van der Waals surface area contributed by atoms with E-state index in [9.17, 15) is 9.90 Å². The minimum absolute atomic E-state index is 0.0492. The maximum Gasteiger partial charge on any atom is 0.191 e. The third kappa shape index (κ3) is 7.53. The molecule has 0 amide bonds. The van der Waals surface area contributed by atoms with Gasteiger partial charge in [0, 0.05) is 24.1 Å². The molecular weight excluding hydrogens is 397 g/mol. The van der Waals surface area contributed by atoms with Crippen LogP contribution in [0.1, 0.15) is 36.7 Å². The number of ether oxygens (including phenoxy) is 1. The topological polar surface area (TPSA) is 58.6 Å². The van der Waals surface area contributed by atoms with Crippen molar-refractivity contribution in [2.24, 2.45) is 0 Å². The van der Waals surface area contributed by atoms with Crippen LogP contribution in [0.25, 0.3) is 0 Å². The molecule has 0 fully saturated rings. The van der Waals surface area contributed by atoms with Crippen molar-refractivity contribution in [3.63, 3.8) is 0 Å². The standard InChI is InChI=1S/C22H27Cl2NO3/c1-22(2,3)25-13-17(26)14-28-20(21(27)16-7-5-4-6-8-16)12-15-9-10-18(23)19(24)11-15/h4-11,17,20,25-26H,12-14H2,1-3H3. The number of aliphatic hydroxyl groups is 1. The Morgan fingerprint density at radius 2 is 1.79 bits per heavy atom. The van der Waals surface area contributed by atoms with E-state index in [4.69, 9.17) is 27.9 Å². The van der Waals surface area contributed by atoms with E-state index in [1.54, 1.807) is 24.3 Å². The van der Waals surface area contributed by atoms with Crippen LogP contribution >= 0.6 is 23.2 Å². The minimum Gasteiger partial charge on any atom is -0.389 e. The van der Waals surface area contributed by atoms with Gasteiger partial charge in [-0.3, -0.25) is 4.79 Å². The summed E-state index contributed by atoms with van der Waals surface area (Å²) in [5.74, 6) is -0.136. The molecule has 152 valence electrons. The zero-order valence-electron chi connectivity index (χ0n) is 16.4. The molecule has 0 aliphatic carbocycles. The summed E-state index contributed by atoms with van der Waals surface area (Å²) in [5, 5.41) is 14.3. The molecule has 0 saturated carbocycles. The van der Waals surface area contributed by atoms with Gasteiger partial charge in [-0.1, -0.05) is 59.6 Å². The first-order chi connectivity index (χ1) is 13.2. The van der Waals surface area contributed by atoms with Gasteiger partial charge in [-0.2, -0.15) is 0 Å². The Bertz CT molecular complexity index is 775. The first kappa shape index (κ1) is 22.9. The van der Waals surface area contributed by atoms with E-state index in [-0.39, 0.29) is 17.9 Å². The molecule has 0 heterocycles. The number of aliphatic hydroxyl groups excluding tert-OH is 1. The molecule has 2 aromatic carbocycles. The van der Waals surface area contributed by atoms with Crippen molar-refractivity contribution in [2.45, 2.75) is 44.9 Å². The zero-order valence-corrected chi connectivity index (χ0v) is 17.9. The average Bonchev–Trinajstić information content (AvgIpc) is 2.65. The summed E-state index contributed by atoms with van der Waals surface area (Å²) >= 11 is 12.1. The van der Waals surface area contributed by atoms with Crippen LogP contribution in [0.3, 0.4) is 0 Å². The highest BCUT2D eigenvalue weighted by molar-refractivity contribution is 6.42. The Morgan fingerprint density at radius 3 is 2.39 bits per heavy atom. The third-order valence-electron chi connectivity index (χ3n) is 4.11. The van der Waals surface area contributed by atoms with E-state index in [2.05, 4.69) is 5.32 Å². The number of carbonyl (C=O) groups excluding carboxylic acids is 1. The molecule has 2 atom stereocenters. The van der Waals surface area contributed by atoms with Crippen molar-refractivity contribution in [3.05, 3.63) is 69.7 Å². The van der Waals surface area contributed by atoms with Crippen molar-refractivity contribution in [1.82, 2.24) is 5.32 Å². The van der Waals surface area contributed by atoms with E-state index < -0.39 is 12.2 Å². The predicted molar refractivity (Wildman–Crippen MR) is 114 cm³/mol. The van der Waals surface area contributed by atoms with Crippen LogP contribution in [0, 0.1) is 0 Å². The van der Waals surface area contributed by atoms with Crippen LogP contribution in [0.15, 0.2) is 48.5 Å². The molecular formula is C22H27Cl2NO3. The smallest absolute Gasteiger partial charge is 0.191 e. The number of halogens is 2. The van der Waals surface area contributed by atoms with E-state index >= 15 is 0 Å². The Hall–Kier alpha value is -1.43. The van der Waals surface area contributed by atoms with Crippen molar-refractivity contribution < 1.29 is 14.6 Å². The summed E-state index contributed by atoms with van der Waals surface area (Å²) in [6.07, 6.45) is -1.12. The van der Waals surface area contributed by atoms with Crippen LogP contribution in [-0.2, 0) is 11.2 Å². The lowest BCUT2D eigenvalue weighted by atomic mass is 10.00. The normalized spacial score (nSPS) is 13.9. The van der Waals surface area contributed by atoms with Crippen LogP contribution in [0.5, 0.6) is 0 Å². The molecule has 0 aliphatic heterocycles. The van der Waals surface area contributed by atoms with E-state index in [1.807, 2.05) is 45.0 Å². The van der Waals surface area contributed by atoms with Crippen molar-refractivity contribution in [1.29, 1.82) is 0 Å². The lowest BCUT2D eigenvalue weighted by Gasteiger charge is -2.24. The Labute approximate surface area is 176 Å². The lowest BCUT2D eigenvalue weighted by Crippen LogP contribution is -2.43. The largest absolute Gasteiger partial charge is 0.389 e. The minimum atomic E-state index is -0.732. The van der Waals surface area contributed by atoms with Gasteiger partial charge < -0.3 is 15.2 Å². The predicted octanol–water partition coefficient (Wildman–Crippen LogP) is 4.55. The molecule has 0 radical (unpaired) electrons. The second kappa shape index (κ2) is 10.4. The van der Waals surface area contributed by atoms with Gasteiger partial charge >= 0.3 is 0 Å². The molecule has 0 spiro atoms. The Kier molecular flexibility index (Phi) is 8.47. The van der Waals surface area contributed by atoms with Gasteiger partial charge in [-0.05, 0) is 38.5 Å². The summed E-state index contributed by atoms with van der Waals surface area (Å²) < 4.78 is 5.84. The summed E-state index contributed by atoms with van der Waals surface area (Å²) in [6, 6.07) is 14.2. The first-order valence-electron chi connectivity index (χ1n) is 9.23. The number of β-amino-alcohol motifs (C(OH)–C–C–N with tert-alkyl or cyclic N) is 1.